The van der Waals surface area contributed by atoms with Crippen molar-refractivity contribution >= 4 is 0 Å². The number of aromatic nitrogens is 3. The zero-order valence-electron chi connectivity index (χ0n) is 8.77. The minimum absolute atomic E-state index is 0.0233. The predicted molar refractivity (Wildman–Crippen MR) is 53.8 cm³/mol. The van der Waals surface area contributed by atoms with Crippen molar-refractivity contribution in [2.75, 3.05) is 6.61 Å². The van der Waals surface area contributed by atoms with Crippen LogP contribution in [0, 0.1) is 0 Å². The second kappa shape index (κ2) is 5.07. The number of aryl methyl sites for hydroxylation is 2. The van der Waals surface area contributed by atoms with Gasteiger partial charge in [-0.1, -0.05) is 13.8 Å². The van der Waals surface area contributed by atoms with Gasteiger partial charge < -0.3 is 10.8 Å². The smallest absolute Gasteiger partial charge is 0.150 e. The van der Waals surface area contributed by atoms with Gasteiger partial charge in [0, 0.05) is 18.9 Å². The molecule has 5 heteroatoms. The molecule has 80 valence electrons. The van der Waals surface area contributed by atoms with E-state index in [2.05, 4.69) is 10.1 Å². The molecule has 0 aromatic carbocycles. The van der Waals surface area contributed by atoms with Crippen molar-refractivity contribution in [3.05, 3.63) is 11.6 Å². The third-order valence-electron chi connectivity index (χ3n) is 2.07. The van der Waals surface area contributed by atoms with E-state index < -0.39 is 0 Å². The minimum atomic E-state index is -0.258. The molecular weight excluding hydrogens is 180 g/mol. The van der Waals surface area contributed by atoms with Crippen LogP contribution in [0.5, 0.6) is 0 Å². The van der Waals surface area contributed by atoms with Gasteiger partial charge in [-0.3, -0.25) is 0 Å². The van der Waals surface area contributed by atoms with Crippen LogP contribution in [0.3, 0.4) is 0 Å². The summed E-state index contributed by atoms with van der Waals surface area (Å²) in [4.78, 5) is 4.35. The summed E-state index contributed by atoms with van der Waals surface area (Å²) in [6.45, 7) is 4.56. The molecule has 1 rings (SSSR count). The fourth-order valence-electron chi connectivity index (χ4n) is 1.26. The van der Waals surface area contributed by atoms with Crippen LogP contribution >= 0.6 is 0 Å². The zero-order valence-corrected chi connectivity index (χ0v) is 8.77. The highest BCUT2D eigenvalue weighted by Gasteiger charge is 2.09. The summed E-state index contributed by atoms with van der Waals surface area (Å²) in [6, 6.07) is -0.258. The lowest BCUT2D eigenvalue weighted by Gasteiger charge is -2.09. The van der Waals surface area contributed by atoms with Crippen LogP contribution in [0.4, 0.5) is 0 Å². The van der Waals surface area contributed by atoms with E-state index in [9.17, 15) is 0 Å². The molecule has 14 heavy (non-hydrogen) atoms. The highest BCUT2D eigenvalue weighted by atomic mass is 16.3. The van der Waals surface area contributed by atoms with Gasteiger partial charge in [0.15, 0.2) is 5.82 Å². The number of aliphatic hydroxyl groups is 1. The SMILES string of the molecule is CCc1nc(CC)n(CC(N)CO)n1. The first kappa shape index (κ1) is 11.1. The van der Waals surface area contributed by atoms with E-state index in [0.29, 0.717) is 6.54 Å². The van der Waals surface area contributed by atoms with Gasteiger partial charge in [-0.2, -0.15) is 5.10 Å². The third-order valence-corrected chi connectivity index (χ3v) is 2.07. The summed E-state index contributed by atoms with van der Waals surface area (Å²) >= 11 is 0. The van der Waals surface area contributed by atoms with Crippen molar-refractivity contribution in [2.45, 2.75) is 39.3 Å². The van der Waals surface area contributed by atoms with E-state index in [1.807, 2.05) is 13.8 Å². The Morgan fingerprint density at radius 3 is 2.64 bits per heavy atom. The zero-order chi connectivity index (χ0) is 10.6. The fourth-order valence-corrected chi connectivity index (χ4v) is 1.26. The standard InChI is InChI=1S/C9H18N4O/c1-3-8-11-9(4-2)13(12-8)5-7(10)6-14/h7,14H,3-6,10H2,1-2H3. The average Bonchev–Trinajstić information content (AvgIpc) is 2.60. The lowest BCUT2D eigenvalue weighted by molar-refractivity contribution is 0.249. The molecule has 3 N–H and O–H groups in total. The van der Waals surface area contributed by atoms with E-state index in [-0.39, 0.29) is 12.6 Å². The second-order valence-corrected chi connectivity index (χ2v) is 3.28. The highest BCUT2D eigenvalue weighted by molar-refractivity contribution is 4.93. The summed E-state index contributed by atoms with van der Waals surface area (Å²) in [6.07, 6.45) is 1.67. The van der Waals surface area contributed by atoms with Crippen LogP contribution in [0.2, 0.25) is 0 Å². The first-order valence-corrected chi connectivity index (χ1v) is 5.00. The Kier molecular flexibility index (Phi) is 4.03. The van der Waals surface area contributed by atoms with E-state index in [4.69, 9.17) is 10.8 Å². The van der Waals surface area contributed by atoms with Gasteiger partial charge in [0.25, 0.3) is 0 Å². The Morgan fingerprint density at radius 1 is 1.43 bits per heavy atom. The Morgan fingerprint density at radius 2 is 2.14 bits per heavy atom. The van der Waals surface area contributed by atoms with Crippen LogP contribution in [-0.4, -0.2) is 32.5 Å². The van der Waals surface area contributed by atoms with Crippen molar-refractivity contribution < 1.29 is 5.11 Å². The second-order valence-electron chi connectivity index (χ2n) is 3.28. The summed E-state index contributed by atoms with van der Waals surface area (Å²) in [5, 5.41) is 13.1. The number of rotatable bonds is 5. The maximum atomic E-state index is 8.84. The van der Waals surface area contributed by atoms with Gasteiger partial charge in [0.05, 0.1) is 13.2 Å². The molecule has 1 unspecified atom stereocenters. The van der Waals surface area contributed by atoms with Crippen molar-refractivity contribution in [1.29, 1.82) is 0 Å². The molecule has 0 aliphatic carbocycles. The summed E-state index contributed by atoms with van der Waals surface area (Å²) < 4.78 is 1.79. The normalized spacial score (nSPS) is 13.1. The van der Waals surface area contributed by atoms with Crippen LogP contribution in [0.1, 0.15) is 25.5 Å². The number of hydrogen-bond donors (Lipinski definition) is 2. The Balaban J connectivity index is 2.78. The summed E-state index contributed by atoms with van der Waals surface area (Å²) in [5.74, 6) is 1.78. The Hall–Kier alpha value is -0.940. The quantitative estimate of drug-likeness (QED) is 0.682. The molecule has 1 heterocycles. The van der Waals surface area contributed by atoms with Gasteiger partial charge in [0.2, 0.25) is 0 Å². The Bertz CT molecular complexity index is 284. The maximum Gasteiger partial charge on any atom is 0.150 e. The molecular formula is C9H18N4O. The lowest BCUT2D eigenvalue weighted by Crippen LogP contribution is -2.31. The lowest BCUT2D eigenvalue weighted by atomic mass is 10.3. The number of nitrogens with two attached hydrogens (primary N) is 1. The van der Waals surface area contributed by atoms with E-state index >= 15 is 0 Å². The maximum absolute atomic E-state index is 8.84. The minimum Gasteiger partial charge on any atom is -0.395 e. The average molecular weight is 198 g/mol. The van der Waals surface area contributed by atoms with Gasteiger partial charge in [-0.05, 0) is 0 Å². The van der Waals surface area contributed by atoms with E-state index in [0.717, 1.165) is 24.5 Å². The molecule has 0 saturated heterocycles. The van der Waals surface area contributed by atoms with Crippen LogP contribution in [0.15, 0.2) is 0 Å². The van der Waals surface area contributed by atoms with Crippen molar-refractivity contribution in [3.8, 4) is 0 Å². The van der Waals surface area contributed by atoms with Crippen molar-refractivity contribution in [3.63, 3.8) is 0 Å². The molecule has 0 aliphatic heterocycles. The molecule has 0 amide bonds. The molecule has 5 nitrogen and oxygen atoms in total. The molecule has 1 aromatic rings. The molecule has 0 fully saturated rings. The summed E-state index contributed by atoms with van der Waals surface area (Å²) in [5.41, 5.74) is 5.64. The first-order chi connectivity index (χ1) is 6.71. The van der Waals surface area contributed by atoms with Crippen molar-refractivity contribution in [1.82, 2.24) is 14.8 Å². The van der Waals surface area contributed by atoms with E-state index in [1.54, 1.807) is 4.68 Å². The third kappa shape index (κ3) is 2.52. The van der Waals surface area contributed by atoms with Gasteiger partial charge in [-0.25, -0.2) is 9.67 Å². The van der Waals surface area contributed by atoms with E-state index in [1.165, 1.54) is 0 Å². The predicted octanol–water partition coefficient (Wildman–Crippen LogP) is -0.277. The summed E-state index contributed by atoms with van der Waals surface area (Å²) in [7, 11) is 0. The van der Waals surface area contributed by atoms with Crippen LogP contribution in [0.25, 0.3) is 0 Å². The molecule has 1 aromatic heterocycles. The first-order valence-electron chi connectivity index (χ1n) is 5.00. The molecule has 0 saturated carbocycles. The highest BCUT2D eigenvalue weighted by Crippen LogP contribution is 2.01. The Labute approximate surface area is 83.9 Å². The number of nitrogens with zero attached hydrogens (tertiary/aromatic N) is 3. The van der Waals surface area contributed by atoms with Crippen LogP contribution < -0.4 is 5.73 Å². The molecule has 0 bridgehead atoms. The number of hydrogen-bond acceptors (Lipinski definition) is 4. The van der Waals surface area contributed by atoms with Crippen molar-refractivity contribution in [2.24, 2.45) is 5.73 Å². The van der Waals surface area contributed by atoms with Gasteiger partial charge >= 0.3 is 0 Å². The number of aliphatic hydroxyl groups excluding tert-OH is 1. The fraction of sp³-hybridized carbons (Fsp3) is 0.778. The van der Waals surface area contributed by atoms with Gasteiger partial charge in [-0.15, -0.1) is 0 Å². The monoisotopic (exact) mass is 198 g/mol. The molecule has 1 atom stereocenters. The molecule has 0 aliphatic rings. The topological polar surface area (TPSA) is 77.0 Å². The van der Waals surface area contributed by atoms with Gasteiger partial charge in [0.1, 0.15) is 5.82 Å². The largest absolute Gasteiger partial charge is 0.395 e. The molecule has 0 radical (unpaired) electrons. The van der Waals surface area contributed by atoms with Crippen LogP contribution in [-0.2, 0) is 19.4 Å². The molecule has 0 spiro atoms.